The number of allylic oxidation sites excluding steroid dienone is 1. The topological polar surface area (TPSA) is 16.4 Å². The average molecular weight is 742 g/mol. The van der Waals surface area contributed by atoms with E-state index in [0.29, 0.717) is 0 Å². The van der Waals surface area contributed by atoms with Crippen LogP contribution in [-0.2, 0) is 0 Å². The highest BCUT2D eigenvalue weighted by Gasteiger charge is 2.30. The van der Waals surface area contributed by atoms with Gasteiger partial charge < -0.3 is 9.32 Å². The largest absolute Gasteiger partial charge is 0.460 e. The van der Waals surface area contributed by atoms with E-state index in [0.717, 1.165) is 51.3 Å². The molecule has 0 aliphatic heterocycles. The molecule has 0 radical (unpaired) electrons. The highest BCUT2D eigenvalue weighted by molar-refractivity contribution is 6.01. The molecule has 0 bridgehead atoms. The van der Waals surface area contributed by atoms with Crippen molar-refractivity contribution in [1.29, 1.82) is 0 Å². The zero-order chi connectivity index (χ0) is 38.4. The van der Waals surface area contributed by atoms with Crippen LogP contribution in [0.1, 0.15) is 29.2 Å². The molecule has 2 nitrogen and oxygen atoms in total. The summed E-state index contributed by atoms with van der Waals surface area (Å²) in [7, 11) is 0. The maximum atomic E-state index is 6.92. The highest BCUT2D eigenvalue weighted by atomic mass is 16.3. The Labute approximate surface area is 338 Å². The van der Waals surface area contributed by atoms with Gasteiger partial charge in [0.25, 0.3) is 0 Å². The molecule has 0 spiro atoms. The minimum absolute atomic E-state index is 0.0132. The van der Waals surface area contributed by atoms with Crippen LogP contribution in [0.25, 0.3) is 72.0 Å². The van der Waals surface area contributed by atoms with Crippen LogP contribution in [0.15, 0.2) is 217 Å². The van der Waals surface area contributed by atoms with E-state index in [4.69, 9.17) is 4.42 Å². The third kappa shape index (κ3) is 5.90. The SMILES string of the molecule is C1=Cc2c(oc3cc4ccccc4cc23)C(c2ccccc2N(c2cccc(-c3cccc4ccccc34)c2)c2ccc(-c3ccccc3)cc2-c2ccccc2)C1. The van der Waals surface area contributed by atoms with Crippen molar-refractivity contribution >= 4 is 55.7 Å². The van der Waals surface area contributed by atoms with Gasteiger partial charge in [-0.3, -0.25) is 0 Å². The van der Waals surface area contributed by atoms with Crippen molar-refractivity contribution in [3.8, 4) is 33.4 Å². The van der Waals surface area contributed by atoms with Gasteiger partial charge in [0.2, 0.25) is 0 Å². The molecule has 1 unspecified atom stereocenters. The van der Waals surface area contributed by atoms with Gasteiger partial charge in [0.15, 0.2) is 0 Å². The second kappa shape index (κ2) is 14.3. The Balaban J connectivity index is 1.15. The first-order chi connectivity index (χ1) is 28.8. The fourth-order valence-corrected chi connectivity index (χ4v) is 9.02. The third-order valence-corrected chi connectivity index (χ3v) is 11.8. The van der Waals surface area contributed by atoms with Crippen molar-refractivity contribution < 1.29 is 4.42 Å². The van der Waals surface area contributed by atoms with Crippen LogP contribution in [0.4, 0.5) is 17.1 Å². The molecule has 1 heterocycles. The second-order valence-corrected chi connectivity index (χ2v) is 15.2. The van der Waals surface area contributed by atoms with Gasteiger partial charge in [-0.1, -0.05) is 176 Å². The van der Waals surface area contributed by atoms with E-state index in [1.54, 1.807) is 0 Å². The zero-order valence-corrected chi connectivity index (χ0v) is 31.9. The lowest BCUT2D eigenvalue weighted by atomic mass is 9.85. The molecule has 0 fully saturated rings. The average Bonchev–Trinajstić information content (AvgIpc) is 3.66. The molecule has 58 heavy (non-hydrogen) atoms. The van der Waals surface area contributed by atoms with Crippen LogP contribution < -0.4 is 4.90 Å². The van der Waals surface area contributed by atoms with E-state index < -0.39 is 0 Å². The molecule has 2 heteroatoms. The van der Waals surface area contributed by atoms with E-state index in [1.807, 2.05) is 0 Å². The lowest BCUT2D eigenvalue weighted by Gasteiger charge is -2.32. The molecule has 0 N–H and O–H groups in total. The summed E-state index contributed by atoms with van der Waals surface area (Å²) in [6.45, 7) is 0. The first-order valence-corrected chi connectivity index (χ1v) is 20.1. The van der Waals surface area contributed by atoms with Crippen molar-refractivity contribution in [1.82, 2.24) is 0 Å². The summed E-state index contributed by atoms with van der Waals surface area (Å²) in [5.41, 5.74) is 13.7. The molecule has 0 saturated carbocycles. The molecule has 1 aliphatic carbocycles. The van der Waals surface area contributed by atoms with Crippen molar-refractivity contribution in [3.63, 3.8) is 0 Å². The molecule has 274 valence electrons. The number of benzene rings is 9. The predicted octanol–water partition coefficient (Wildman–Crippen LogP) is 15.8. The lowest BCUT2D eigenvalue weighted by molar-refractivity contribution is 0.517. The van der Waals surface area contributed by atoms with E-state index in [2.05, 4.69) is 223 Å². The molecule has 0 amide bonds. The van der Waals surface area contributed by atoms with Crippen LogP contribution >= 0.6 is 0 Å². The van der Waals surface area contributed by atoms with Gasteiger partial charge in [0.05, 0.1) is 11.4 Å². The Morgan fingerprint density at radius 3 is 1.95 bits per heavy atom. The minimum atomic E-state index is 0.0132. The molecule has 10 aromatic rings. The van der Waals surface area contributed by atoms with E-state index in [1.165, 1.54) is 54.9 Å². The molecular weight excluding hydrogens is 703 g/mol. The van der Waals surface area contributed by atoms with E-state index >= 15 is 0 Å². The second-order valence-electron chi connectivity index (χ2n) is 15.2. The van der Waals surface area contributed by atoms with Crippen molar-refractivity contribution in [3.05, 3.63) is 229 Å². The van der Waals surface area contributed by atoms with E-state index in [9.17, 15) is 0 Å². The monoisotopic (exact) mass is 741 g/mol. The van der Waals surface area contributed by atoms with Gasteiger partial charge in [0, 0.05) is 28.1 Å². The number of fused-ring (bicyclic) bond motifs is 5. The number of hydrogen-bond donors (Lipinski definition) is 0. The number of furan rings is 1. The standard InChI is InChI=1S/C56H39NO/c1-3-16-38(17-4-1)43-32-33-54(51(35-43)40-18-5-2-6-19-40)57(45-25-13-24-44(34-45)47-28-14-23-39-20-9-10-26-46(39)47)53-31-12-11-27-48(53)49-29-15-30-50-52-36-41-21-7-8-22-42(41)37-55(52)58-56(49)50/h1-28,30-37,49H,29H2. The van der Waals surface area contributed by atoms with E-state index in [-0.39, 0.29) is 5.92 Å². The Hall–Kier alpha value is -7.42. The van der Waals surface area contributed by atoms with Crippen LogP contribution in [0.3, 0.4) is 0 Å². The summed E-state index contributed by atoms with van der Waals surface area (Å²) in [6, 6.07) is 74.7. The Kier molecular flexibility index (Phi) is 8.33. The van der Waals surface area contributed by atoms with Gasteiger partial charge in [0.1, 0.15) is 11.3 Å². The van der Waals surface area contributed by atoms with Crippen molar-refractivity contribution in [2.24, 2.45) is 0 Å². The van der Waals surface area contributed by atoms with Gasteiger partial charge in [-0.15, -0.1) is 0 Å². The lowest BCUT2D eigenvalue weighted by Crippen LogP contribution is -2.16. The molecule has 0 saturated heterocycles. The molecular formula is C56H39NO. The molecule has 11 rings (SSSR count). The van der Waals surface area contributed by atoms with Gasteiger partial charge in [-0.05, 0) is 104 Å². The van der Waals surface area contributed by atoms with Crippen LogP contribution in [-0.4, -0.2) is 0 Å². The van der Waals surface area contributed by atoms with Crippen molar-refractivity contribution in [2.75, 3.05) is 4.90 Å². The third-order valence-electron chi connectivity index (χ3n) is 11.8. The maximum absolute atomic E-state index is 6.92. The Bertz CT molecular complexity index is 3150. The summed E-state index contributed by atoms with van der Waals surface area (Å²) >= 11 is 0. The number of anilines is 3. The molecule has 1 aromatic heterocycles. The Morgan fingerprint density at radius 1 is 0.431 bits per heavy atom. The maximum Gasteiger partial charge on any atom is 0.135 e. The summed E-state index contributed by atoms with van der Waals surface area (Å²) in [4.78, 5) is 2.48. The molecule has 1 atom stereocenters. The fraction of sp³-hybridized carbons (Fsp3) is 0.0357. The Morgan fingerprint density at radius 2 is 1.10 bits per heavy atom. The normalized spacial score (nSPS) is 13.6. The number of nitrogens with zero attached hydrogens (tertiary/aromatic N) is 1. The van der Waals surface area contributed by atoms with Gasteiger partial charge >= 0.3 is 0 Å². The smallest absolute Gasteiger partial charge is 0.135 e. The van der Waals surface area contributed by atoms with Crippen LogP contribution in [0.2, 0.25) is 0 Å². The first-order valence-electron chi connectivity index (χ1n) is 20.1. The summed E-state index contributed by atoms with van der Waals surface area (Å²) in [6.07, 6.45) is 5.42. The summed E-state index contributed by atoms with van der Waals surface area (Å²) in [5, 5.41) is 6.04. The molecule has 1 aliphatic rings. The van der Waals surface area contributed by atoms with Crippen molar-refractivity contribution in [2.45, 2.75) is 12.3 Å². The molecule has 9 aromatic carbocycles. The van der Waals surface area contributed by atoms with Gasteiger partial charge in [-0.25, -0.2) is 0 Å². The quantitative estimate of drug-likeness (QED) is 0.162. The zero-order valence-electron chi connectivity index (χ0n) is 31.9. The summed E-state index contributed by atoms with van der Waals surface area (Å²) in [5.74, 6) is 1.03. The fourth-order valence-electron chi connectivity index (χ4n) is 9.02. The number of rotatable bonds is 7. The van der Waals surface area contributed by atoms with Crippen LogP contribution in [0, 0.1) is 0 Å². The number of para-hydroxylation sites is 1. The van der Waals surface area contributed by atoms with Crippen LogP contribution in [0.5, 0.6) is 0 Å². The summed E-state index contributed by atoms with van der Waals surface area (Å²) < 4.78 is 6.92. The number of hydrogen-bond acceptors (Lipinski definition) is 2. The highest BCUT2D eigenvalue weighted by Crippen LogP contribution is 2.49. The first kappa shape index (κ1) is 33.9. The van der Waals surface area contributed by atoms with Gasteiger partial charge in [-0.2, -0.15) is 0 Å². The predicted molar refractivity (Wildman–Crippen MR) is 244 cm³/mol. The minimum Gasteiger partial charge on any atom is -0.460 e.